The number of nitrogens with zero attached hydrogens (tertiary/aromatic N) is 1. The van der Waals surface area contributed by atoms with Gasteiger partial charge in [-0.3, -0.25) is 4.79 Å². The predicted molar refractivity (Wildman–Crippen MR) is 105 cm³/mol. The number of ether oxygens (including phenoxy) is 2. The Kier molecular flexibility index (Phi) is 6.81. The number of carbonyl (C=O) groups excluding carboxylic acids is 1. The van der Waals surface area contributed by atoms with E-state index in [1.54, 1.807) is 31.4 Å². The molecule has 0 spiro atoms. The summed E-state index contributed by atoms with van der Waals surface area (Å²) in [5.41, 5.74) is 2.12. The molecule has 6 heteroatoms. The van der Waals surface area contributed by atoms with Crippen LogP contribution in [0.2, 0.25) is 0 Å². The lowest BCUT2D eigenvalue weighted by atomic mass is 10.1. The maximum absolute atomic E-state index is 12.5. The maximum Gasteiger partial charge on any atom is 0.266 e. The fourth-order valence-electron chi connectivity index (χ4n) is 2.33. The van der Waals surface area contributed by atoms with Gasteiger partial charge in [0.05, 0.1) is 19.4 Å². The summed E-state index contributed by atoms with van der Waals surface area (Å²) in [5.74, 6) is 0.723. The van der Waals surface area contributed by atoms with Gasteiger partial charge >= 0.3 is 0 Å². The number of hydrogen-bond donors (Lipinski definition) is 1. The third-order valence-electron chi connectivity index (χ3n) is 3.65. The Morgan fingerprint density at radius 2 is 2.04 bits per heavy atom. The van der Waals surface area contributed by atoms with Crippen LogP contribution < -0.4 is 14.8 Å². The molecule has 2 aromatic rings. The van der Waals surface area contributed by atoms with E-state index >= 15 is 0 Å². The van der Waals surface area contributed by atoms with Crippen LogP contribution in [0.4, 0.5) is 5.69 Å². The third kappa shape index (κ3) is 4.64. The first kappa shape index (κ1) is 19.5. The van der Waals surface area contributed by atoms with Gasteiger partial charge in [0.1, 0.15) is 23.1 Å². The summed E-state index contributed by atoms with van der Waals surface area (Å²) in [4.78, 5) is 12.5. The number of nitriles is 1. The molecule has 0 atom stereocenters. The largest absolute Gasteiger partial charge is 0.496 e. The lowest BCUT2D eigenvalue weighted by molar-refractivity contribution is -0.112. The number of amides is 1. The predicted octanol–water partition coefficient (Wildman–Crippen LogP) is 4.71. The SMILES string of the molecule is CCOc1ccccc1NC(=O)/C(C#N)=C/c1cc(Br)c(C)c(OC)c1. The van der Waals surface area contributed by atoms with Crippen LogP contribution in [0, 0.1) is 18.3 Å². The van der Waals surface area contributed by atoms with E-state index in [-0.39, 0.29) is 5.57 Å². The normalized spacial score (nSPS) is 10.8. The highest BCUT2D eigenvalue weighted by Gasteiger charge is 2.13. The Hall–Kier alpha value is -2.78. The van der Waals surface area contributed by atoms with Crippen molar-refractivity contribution in [3.05, 3.63) is 57.6 Å². The van der Waals surface area contributed by atoms with Gasteiger partial charge in [-0.15, -0.1) is 0 Å². The van der Waals surface area contributed by atoms with Crippen LogP contribution in [0.3, 0.4) is 0 Å². The van der Waals surface area contributed by atoms with E-state index in [1.807, 2.05) is 32.0 Å². The van der Waals surface area contributed by atoms with Gasteiger partial charge < -0.3 is 14.8 Å². The minimum atomic E-state index is -0.504. The molecule has 5 nitrogen and oxygen atoms in total. The van der Waals surface area contributed by atoms with Gasteiger partial charge in [-0.05, 0) is 49.8 Å². The van der Waals surface area contributed by atoms with Crippen LogP contribution >= 0.6 is 15.9 Å². The second-order valence-corrected chi connectivity index (χ2v) is 6.24. The third-order valence-corrected chi connectivity index (χ3v) is 4.47. The second kappa shape index (κ2) is 9.07. The fourth-order valence-corrected chi connectivity index (χ4v) is 2.78. The number of para-hydroxylation sites is 2. The number of anilines is 1. The average Bonchev–Trinajstić information content (AvgIpc) is 2.64. The van der Waals surface area contributed by atoms with Crippen molar-refractivity contribution in [3.8, 4) is 17.6 Å². The van der Waals surface area contributed by atoms with Gasteiger partial charge in [-0.1, -0.05) is 28.1 Å². The van der Waals surface area contributed by atoms with Crippen LogP contribution in [0.5, 0.6) is 11.5 Å². The molecule has 0 saturated carbocycles. The Bertz CT molecular complexity index is 885. The van der Waals surface area contributed by atoms with Crippen molar-refractivity contribution in [2.75, 3.05) is 19.0 Å². The average molecular weight is 415 g/mol. The second-order valence-electron chi connectivity index (χ2n) is 5.38. The van der Waals surface area contributed by atoms with Crippen molar-refractivity contribution in [2.45, 2.75) is 13.8 Å². The number of rotatable bonds is 6. The molecule has 2 rings (SSSR count). The number of hydrogen-bond acceptors (Lipinski definition) is 4. The van der Waals surface area contributed by atoms with Gasteiger partial charge in [0.2, 0.25) is 0 Å². The molecule has 0 saturated heterocycles. The highest BCUT2D eigenvalue weighted by atomic mass is 79.9. The first-order valence-corrected chi connectivity index (χ1v) is 8.78. The highest BCUT2D eigenvalue weighted by Crippen LogP contribution is 2.29. The van der Waals surface area contributed by atoms with Gasteiger partial charge in [0.25, 0.3) is 5.91 Å². The van der Waals surface area contributed by atoms with E-state index < -0.39 is 5.91 Å². The lowest BCUT2D eigenvalue weighted by Crippen LogP contribution is -2.14. The van der Waals surface area contributed by atoms with E-state index in [1.165, 1.54) is 6.08 Å². The minimum absolute atomic E-state index is 0.0193. The Balaban J connectivity index is 2.31. The lowest BCUT2D eigenvalue weighted by Gasteiger charge is -2.11. The van der Waals surface area contributed by atoms with Crippen LogP contribution in [-0.4, -0.2) is 19.6 Å². The van der Waals surface area contributed by atoms with E-state index in [0.29, 0.717) is 29.4 Å². The number of nitrogens with one attached hydrogen (secondary N) is 1. The summed E-state index contributed by atoms with van der Waals surface area (Å²) >= 11 is 3.46. The van der Waals surface area contributed by atoms with Gasteiger partial charge in [0, 0.05) is 10.0 Å². The smallest absolute Gasteiger partial charge is 0.266 e. The van der Waals surface area contributed by atoms with Crippen molar-refractivity contribution in [1.82, 2.24) is 0 Å². The Morgan fingerprint density at radius 1 is 1.31 bits per heavy atom. The molecule has 0 aliphatic carbocycles. The topological polar surface area (TPSA) is 71.3 Å². The van der Waals surface area contributed by atoms with E-state index in [2.05, 4.69) is 21.2 Å². The van der Waals surface area contributed by atoms with Crippen molar-refractivity contribution < 1.29 is 14.3 Å². The van der Waals surface area contributed by atoms with Gasteiger partial charge in [-0.25, -0.2) is 0 Å². The summed E-state index contributed by atoms with van der Waals surface area (Å²) in [6.45, 7) is 4.26. The number of halogens is 1. The van der Waals surface area contributed by atoms with Crippen LogP contribution in [-0.2, 0) is 4.79 Å². The summed E-state index contributed by atoms with van der Waals surface area (Å²) in [6, 6.07) is 12.6. The first-order chi connectivity index (χ1) is 12.5. The van der Waals surface area contributed by atoms with E-state index in [9.17, 15) is 10.1 Å². The number of carbonyl (C=O) groups is 1. The molecule has 0 aliphatic rings. The van der Waals surface area contributed by atoms with Crippen LogP contribution in [0.15, 0.2) is 46.4 Å². The molecule has 1 amide bonds. The fraction of sp³-hybridized carbons (Fsp3) is 0.200. The number of methoxy groups -OCH3 is 1. The summed E-state index contributed by atoms with van der Waals surface area (Å²) in [7, 11) is 1.57. The zero-order valence-electron chi connectivity index (χ0n) is 14.8. The number of benzene rings is 2. The van der Waals surface area contributed by atoms with Crippen LogP contribution in [0.1, 0.15) is 18.1 Å². The highest BCUT2D eigenvalue weighted by molar-refractivity contribution is 9.10. The molecule has 134 valence electrons. The van der Waals surface area contributed by atoms with Crippen molar-refractivity contribution in [3.63, 3.8) is 0 Å². The summed E-state index contributed by atoms with van der Waals surface area (Å²) in [6.07, 6.45) is 1.52. The monoisotopic (exact) mass is 414 g/mol. The molecule has 0 bridgehead atoms. The molecule has 0 fully saturated rings. The quantitative estimate of drug-likeness (QED) is 0.548. The molecular weight excluding hydrogens is 396 g/mol. The molecule has 2 aromatic carbocycles. The minimum Gasteiger partial charge on any atom is -0.496 e. The van der Waals surface area contributed by atoms with E-state index in [0.717, 1.165) is 10.0 Å². The summed E-state index contributed by atoms with van der Waals surface area (Å²) in [5, 5.41) is 12.1. The maximum atomic E-state index is 12.5. The van der Waals surface area contributed by atoms with Crippen molar-refractivity contribution in [1.29, 1.82) is 5.26 Å². The zero-order chi connectivity index (χ0) is 19.1. The van der Waals surface area contributed by atoms with Crippen LogP contribution in [0.25, 0.3) is 6.08 Å². The summed E-state index contributed by atoms with van der Waals surface area (Å²) < 4.78 is 11.6. The molecular formula is C20H19BrN2O3. The van der Waals surface area contributed by atoms with E-state index in [4.69, 9.17) is 9.47 Å². The zero-order valence-corrected chi connectivity index (χ0v) is 16.4. The molecule has 26 heavy (non-hydrogen) atoms. The standard InChI is InChI=1S/C20H19BrN2O3/c1-4-26-18-8-6-5-7-17(18)23-20(24)15(12-22)9-14-10-16(21)13(2)19(11-14)25-3/h5-11H,4H2,1-3H3,(H,23,24)/b15-9+. The molecule has 0 heterocycles. The molecule has 0 radical (unpaired) electrons. The first-order valence-electron chi connectivity index (χ1n) is 7.99. The van der Waals surface area contributed by atoms with Crippen molar-refractivity contribution in [2.24, 2.45) is 0 Å². The molecule has 0 aromatic heterocycles. The van der Waals surface area contributed by atoms with Gasteiger partial charge in [0.15, 0.2) is 0 Å². The Labute approximate surface area is 161 Å². The molecule has 0 aliphatic heterocycles. The molecule has 1 N–H and O–H groups in total. The Morgan fingerprint density at radius 3 is 2.69 bits per heavy atom. The van der Waals surface area contributed by atoms with Crippen molar-refractivity contribution >= 4 is 33.6 Å². The van der Waals surface area contributed by atoms with Gasteiger partial charge in [-0.2, -0.15) is 5.26 Å². The molecule has 0 unspecified atom stereocenters.